The molecule has 22 heavy (non-hydrogen) atoms. The van der Waals surface area contributed by atoms with Crippen molar-refractivity contribution in [2.45, 2.75) is 13.8 Å². The topological polar surface area (TPSA) is 79.8 Å². The lowest BCUT2D eigenvalue weighted by atomic mass is 10.4. The lowest BCUT2D eigenvalue weighted by molar-refractivity contribution is 0.0603. The molecule has 2 aromatic rings. The summed E-state index contributed by atoms with van der Waals surface area (Å²) >= 11 is 1.21. The van der Waals surface area contributed by atoms with Gasteiger partial charge in [-0.15, -0.1) is 11.3 Å². The summed E-state index contributed by atoms with van der Waals surface area (Å²) in [4.78, 5) is 20.2. The van der Waals surface area contributed by atoms with Crippen LogP contribution < -0.4 is 14.2 Å². The second-order valence-corrected chi connectivity index (χ2v) is 4.82. The molecule has 0 saturated heterocycles. The highest BCUT2D eigenvalue weighted by Gasteiger charge is 2.17. The number of carbonyl (C=O) groups excluding carboxylic acids is 1. The Labute approximate surface area is 131 Å². The maximum Gasteiger partial charge on any atom is 0.351 e. The Morgan fingerprint density at radius 1 is 1.18 bits per heavy atom. The van der Waals surface area contributed by atoms with E-state index in [0.29, 0.717) is 35.6 Å². The molecule has 0 atom stereocenters. The van der Waals surface area contributed by atoms with Crippen LogP contribution in [0.15, 0.2) is 17.5 Å². The minimum Gasteiger partial charge on any atom is -0.478 e. The number of nitrogens with zero attached hydrogens (tertiary/aromatic N) is 2. The van der Waals surface area contributed by atoms with E-state index in [2.05, 4.69) is 9.97 Å². The van der Waals surface area contributed by atoms with Crippen LogP contribution >= 0.6 is 11.3 Å². The summed E-state index contributed by atoms with van der Waals surface area (Å²) in [7, 11) is 1.31. The predicted molar refractivity (Wildman–Crippen MR) is 80.1 cm³/mol. The summed E-state index contributed by atoms with van der Waals surface area (Å²) in [6.07, 6.45) is 0. The number of hydrogen-bond acceptors (Lipinski definition) is 8. The second kappa shape index (κ2) is 7.60. The Morgan fingerprint density at radius 3 is 2.36 bits per heavy atom. The van der Waals surface area contributed by atoms with Crippen LogP contribution in [0.2, 0.25) is 0 Å². The molecule has 7 nitrogen and oxygen atoms in total. The molecule has 2 heterocycles. The first-order valence-corrected chi connectivity index (χ1v) is 7.54. The van der Waals surface area contributed by atoms with Crippen molar-refractivity contribution in [3.8, 4) is 23.5 Å². The van der Waals surface area contributed by atoms with Crippen LogP contribution in [-0.4, -0.2) is 36.3 Å². The Bertz CT molecular complexity index is 620. The van der Waals surface area contributed by atoms with Crippen LogP contribution in [0.3, 0.4) is 0 Å². The van der Waals surface area contributed by atoms with Gasteiger partial charge in [0.15, 0.2) is 10.6 Å². The summed E-state index contributed by atoms with van der Waals surface area (Å²) < 4.78 is 21.0. The van der Waals surface area contributed by atoms with Gasteiger partial charge in [-0.05, 0) is 25.3 Å². The molecule has 0 N–H and O–H groups in total. The number of thiophene rings is 1. The summed E-state index contributed by atoms with van der Waals surface area (Å²) in [6, 6.07) is 3.26. The Balaban J connectivity index is 2.28. The zero-order valence-electron chi connectivity index (χ0n) is 12.5. The minimum atomic E-state index is -0.476. The third kappa shape index (κ3) is 3.85. The molecule has 0 spiro atoms. The highest BCUT2D eigenvalue weighted by atomic mass is 32.1. The monoisotopic (exact) mass is 324 g/mol. The first-order valence-electron chi connectivity index (χ1n) is 6.66. The molecular formula is C14H16N2O5S. The third-order valence-corrected chi connectivity index (χ3v) is 3.32. The smallest absolute Gasteiger partial charge is 0.351 e. The Hall–Kier alpha value is -2.35. The van der Waals surface area contributed by atoms with Crippen LogP contribution in [0, 0.1) is 0 Å². The fraction of sp³-hybridized carbons (Fsp3) is 0.357. The Kier molecular flexibility index (Phi) is 5.54. The molecular weight excluding hydrogens is 308 g/mol. The highest BCUT2D eigenvalue weighted by molar-refractivity contribution is 7.12. The molecule has 2 rings (SSSR count). The van der Waals surface area contributed by atoms with Gasteiger partial charge in [-0.2, -0.15) is 9.97 Å². The lowest BCUT2D eigenvalue weighted by Crippen LogP contribution is -2.04. The van der Waals surface area contributed by atoms with Crippen molar-refractivity contribution in [1.82, 2.24) is 9.97 Å². The molecule has 0 aromatic carbocycles. The van der Waals surface area contributed by atoms with Crippen LogP contribution in [0.1, 0.15) is 23.5 Å². The Morgan fingerprint density at radius 2 is 1.82 bits per heavy atom. The third-order valence-electron chi connectivity index (χ3n) is 2.44. The standard InChI is InChI=1S/C14H16N2O5S/c1-4-19-10-8-11(20-5-2)16-14(15-10)21-9-6-7-22-12(9)13(17)18-3/h6-8H,4-5H2,1-3H3. The predicted octanol–water partition coefficient (Wildman–Crippen LogP) is 2.91. The second-order valence-electron chi connectivity index (χ2n) is 3.90. The molecule has 2 aromatic heterocycles. The van der Waals surface area contributed by atoms with Gasteiger partial charge in [-0.3, -0.25) is 0 Å². The van der Waals surface area contributed by atoms with E-state index < -0.39 is 5.97 Å². The van der Waals surface area contributed by atoms with Gasteiger partial charge in [0.2, 0.25) is 11.8 Å². The zero-order valence-corrected chi connectivity index (χ0v) is 13.3. The van der Waals surface area contributed by atoms with Gasteiger partial charge in [0.25, 0.3) is 0 Å². The number of carbonyl (C=O) groups is 1. The summed E-state index contributed by atoms with van der Waals surface area (Å²) in [5.41, 5.74) is 0. The van der Waals surface area contributed by atoms with E-state index in [-0.39, 0.29) is 6.01 Å². The van der Waals surface area contributed by atoms with Crippen molar-refractivity contribution in [3.05, 3.63) is 22.4 Å². The normalized spacial score (nSPS) is 10.1. The molecule has 0 aliphatic rings. The number of hydrogen-bond donors (Lipinski definition) is 0. The molecule has 0 radical (unpaired) electrons. The number of ether oxygens (including phenoxy) is 4. The number of esters is 1. The van der Waals surface area contributed by atoms with Crippen molar-refractivity contribution in [2.24, 2.45) is 0 Å². The number of aromatic nitrogens is 2. The largest absolute Gasteiger partial charge is 0.478 e. The molecule has 118 valence electrons. The molecule has 0 bridgehead atoms. The van der Waals surface area contributed by atoms with Crippen molar-refractivity contribution >= 4 is 17.3 Å². The summed E-state index contributed by atoms with van der Waals surface area (Å²) in [6.45, 7) is 4.59. The zero-order chi connectivity index (χ0) is 15.9. The average Bonchev–Trinajstić information content (AvgIpc) is 2.95. The minimum absolute atomic E-state index is 0.0398. The van der Waals surface area contributed by atoms with E-state index in [1.807, 2.05) is 13.8 Å². The van der Waals surface area contributed by atoms with Gasteiger partial charge < -0.3 is 18.9 Å². The van der Waals surface area contributed by atoms with E-state index in [1.165, 1.54) is 18.4 Å². The fourth-order valence-electron chi connectivity index (χ4n) is 1.59. The summed E-state index contributed by atoms with van der Waals surface area (Å²) in [5, 5.41) is 1.72. The molecule has 0 unspecified atom stereocenters. The van der Waals surface area contributed by atoms with Crippen LogP contribution in [0.4, 0.5) is 0 Å². The van der Waals surface area contributed by atoms with Crippen LogP contribution in [0.25, 0.3) is 0 Å². The van der Waals surface area contributed by atoms with Gasteiger partial charge in [-0.25, -0.2) is 4.79 Å². The van der Waals surface area contributed by atoms with E-state index in [1.54, 1.807) is 17.5 Å². The van der Waals surface area contributed by atoms with E-state index in [9.17, 15) is 4.79 Å². The van der Waals surface area contributed by atoms with Gasteiger partial charge in [0, 0.05) is 0 Å². The first-order chi connectivity index (χ1) is 10.7. The van der Waals surface area contributed by atoms with Crippen molar-refractivity contribution < 1.29 is 23.7 Å². The molecule has 0 aliphatic heterocycles. The fourth-order valence-corrected chi connectivity index (χ4v) is 2.32. The summed E-state index contributed by atoms with van der Waals surface area (Å²) in [5.74, 6) is 0.528. The van der Waals surface area contributed by atoms with Crippen LogP contribution in [0.5, 0.6) is 23.5 Å². The van der Waals surface area contributed by atoms with Gasteiger partial charge in [-0.1, -0.05) is 0 Å². The quantitative estimate of drug-likeness (QED) is 0.724. The highest BCUT2D eigenvalue weighted by Crippen LogP contribution is 2.30. The van der Waals surface area contributed by atoms with E-state index >= 15 is 0 Å². The molecule has 0 aliphatic carbocycles. The molecule has 0 saturated carbocycles. The molecule has 0 amide bonds. The lowest BCUT2D eigenvalue weighted by Gasteiger charge is -2.09. The van der Waals surface area contributed by atoms with Crippen LogP contribution in [-0.2, 0) is 4.74 Å². The SMILES string of the molecule is CCOc1cc(OCC)nc(Oc2ccsc2C(=O)OC)n1. The van der Waals surface area contributed by atoms with Crippen molar-refractivity contribution in [1.29, 1.82) is 0 Å². The first kappa shape index (κ1) is 16.0. The van der Waals surface area contributed by atoms with E-state index in [4.69, 9.17) is 18.9 Å². The van der Waals surface area contributed by atoms with E-state index in [0.717, 1.165) is 0 Å². The molecule has 8 heteroatoms. The maximum atomic E-state index is 11.6. The van der Waals surface area contributed by atoms with Gasteiger partial charge >= 0.3 is 12.0 Å². The van der Waals surface area contributed by atoms with Crippen molar-refractivity contribution in [2.75, 3.05) is 20.3 Å². The molecule has 0 fully saturated rings. The maximum absolute atomic E-state index is 11.6. The number of methoxy groups -OCH3 is 1. The van der Waals surface area contributed by atoms with Crippen molar-refractivity contribution in [3.63, 3.8) is 0 Å². The average molecular weight is 324 g/mol. The van der Waals surface area contributed by atoms with Gasteiger partial charge in [0.1, 0.15) is 0 Å². The van der Waals surface area contributed by atoms with Gasteiger partial charge in [0.05, 0.1) is 26.4 Å². The number of rotatable bonds is 7.